The van der Waals surface area contributed by atoms with Gasteiger partial charge in [-0.1, -0.05) is 104 Å². The summed E-state index contributed by atoms with van der Waals surface area (Å²) in [5.74, 6) is -0.559. The second kappa shape index (κ2) is 15.2. The number of halogens is 2. The van der Waals surface area contributed by atoms with E-state index in [2.05, 4.69) is 6.58 Å². The second-order valence-corrected chi connectivity index (χ2v) is 10.6. The van der Waals surface area contributed by atoms with Gasteiger partial charge in [0.1, 0.15) is 30.6 Å². The fourth-order valence-electron chi connectivity index (χ4n) is 4.88. The zero-order valence-electron chi connectivity index (χ0n) is 24.9. The average Bonchev–Trinajstić information content (AvgIpc) is 3.03. The normalized spacial score (nSPS) is 13.8. The predicted octanol–water partition coefficient (Wildman–Crippen LogP) is 8.99. The van der Waals surface area contributed by atoms with E-state index < -0.39 is 11.6 Å². The largest absolute Gasteiger partial charge is 0.493 e. The quantitative estimate of drug-likeness (QED) is 0.108. The van der Waals surface area contributed by atoms with Crippen LogP contribution in [0.4, 0.5) is 14.5 Å². The van der Waals surface area contributed by atoms with Gasteiger partial charge in [-0.2, -0.15) is 0 Å². The van der Waals surface area contributed by atoms with Gasteiger partial charge in [-0.05, 0) is 41.0 Å². The molecule has 1 fully saturated rings. The Kier molecular flexibility index (Phi) is 10.6. The Morgan fingerprint density at radius 1 is 0.750 bits per heavy atom. The van der Waals surface area contributed by atoms with Gasteiger partial charge in [-0.3, -0.25) is 0 Å². The molecule has 4 nitrogen and oxygen atoms in total. The van der Waals surface area contributed by atoms with E-state index in [9.17, 15) is 0 Å². The SMILES string of the molecule is C=C(OCc1ccccc1)/C(=C\C=C(/CC)OCc1ccccc1)c1c(F)cc(N2CC(OCc3ccccc3)C2)cc1F. The Hall–Kier alpha value is -4.68. The molecule has 0 bridgehead atoms. The molecule has 0 atom stereocenters. The van der Waals surface area contributed by atoms with Crippen LogP contribution in [0.15, 0.2) is 133 Å². The van der Waals surface area contributed by atoms with Crippen LogP contribution in [0.1, 0.15) is 35.6 Å². The molecule has 4 aromatic rings. The molecule has 0 aromatic heterocycles. The van der Waals surface area contributed by atoms with Crippen LogP contribution in [-0.2, 0) is 34.0 Å². The molecule has 5 rings (SSSR count). The van der Waals surface area contributed by atoms with Crippen molar-refractivity contribution in [2.45, 2.75) is 39.3 Å². The first-order chi connectivity index (χ1) is 21.5. The monoisotopic (exact) mass is 593 g/mol. The number of hydrogen-bond acceptors (Lipinski definition) is 4. The second-order valence-electron chi connectivity index (χ2n) is 10.6. The van der Waals surface area contributed by atoms with Gasteiger partial charge in [0.15, 0.2) is 0 Å². The third-order valence-electron chi connectivity index (χ3n) is 7.45. The van der Waals surface area contributed by atoms with Gasteiger partial charge >= 0.3 is 0 Å². The highest BCUT2D eigenvalue weighted by Crippen LogP contribution is 2.34. The summed E-state index contributed by atoms with van der Waals surface area (Å²) in [4.78, 5) is 1.90. The Morgan fingerprint density at radius 2 is 1.25 bits per heavy atom. The van der Waals surface area contributed by atoms with E-state index in [-0.39, 0.29) is 29.6 Å². The van der Waals surface area contributed by atoms with Crippen LogP contribution in [0.2, 0.25) is 0 Å². The summed E-state index contributed by atoms with van der Waals surface area (Å²) in [6, 6.07) is 32.0. The van der Waals surface area contributed by atoms with E-state index in [0.29, 0.717) is 44.2 Å². The molecule has 1 aliphatic heterocycles. The maximum atomic E-state index is 15.8. The van der Waals surface area contributed by atoms with Crippen molar-refractivity contribution in [3.8, 4) is 0 Å². The standard InChI is InChI=1S/C38H37F2NO3/c1-3-33(43-26-30-15-9-5-10-16-30)19-20-35(28(2)42-25-29-13-7-4-8-14-29)38-36(39)21-32(22-37(38)40)41-23-34(24-41)44-27-31-17-11-6-12-18-31/h4-22,34H,2-3,23-27H2,1H3/b33-19+,35-20+. The number of rotatable bonds is 14. The van der Waals surface area contributed by atoms with Crippen molar-refractivity contribution in [3.05, 3.63) is 167 Å². The smallest absolute Gasteiger partial charge is 0.136 e. The van der Waals surface area contributed by atoms with Gasteiger partial charge in [-0.15, -0.1) is 0 Å². The van der Waals surface area contributed by atoms with Crippen molar-refractivity contribution in [2.24, 2.45) is 0 Å². The summed E-state index contributed by atoms with van der Waals surface area (Å²) >= 11 is 0. The minimum atomic E-state index is -0.694. The van der Waals surface area contributed by atoms with Gasteiger partial charge in [0.2, 0.25) is 0 Å². The average molecular weight is 594 g/mol. The van der Waals surface area contributed by atoms with Gasteiger partial charge < -0.3 is 19.1 Å². The highest BCUT2D eigenvalue weighted by atomic mass is 19.1. The van der Waals surface area contributed by atoms with Gasteiger partial charge in [0, 0.05) is 30.8 Å². The lowest BCUT2D eigenvalue weighted by atomic mass is 10.00. The summed E-state index contributed by atoms with van der Waals surface area (Å²) in [5.41, 5.74) is 3.52. The lowest BCUT2D eigenvalue weighted by Crippen LogP contribution is -2.52. The number of ether oxygens (including phenoxy) is 3. The summed E-state index contributed by atoms with van der Waals surface area (Å²) in [6.07, 6.45) is 3.94. The van der Waals surface area contributed by atoms with Crippen LogP contribution >= 0.6 is 0 Å². The van der Waals surface area contributed by atoms with Crippen LogP contribution in [0.3, 0.4) is 0 Å². The van der Waals surface area contributed by atoms with Gasteiger partial charge in [0.05, 0.1) is 24.0 Å². The lowest BCUT2D eigenvalue weighted by molar-refractivity contribution is 0.0224. The third kappa shape index (κ3) is 8.23. The molecular formula is C38H37F2NO3. The first kappa shape index (κ1) is 30.8. The number of anilines is 1. The van der Waals surface area contributed by atoms with E-state index in [4.69, 9.17) is 14.2 Å². The first-order valence-electron chi connectivity index (χ1n) is 14.8. The molecule has 1 saturated heterocycles. The minimum absolute atomic E-state index is 0.00360. The summed E-state index contributed by atoms with van der Waals surface area (Å²) in [6.45, 7) is 8.23. The molecule has 226 valence electrons. The van der Waals surface area contributed by atoms with Crippen LogP contribution in [0, 0.1) is 11.6 Å². The zero-order chi connectivity index (χ0) is 30.7. The van der Waals surface area contributed by atoms with E-state index in [0.717, 1.165) is 16.7 Å². The fraction of sp³-hybridized carbons (Fsp3) is 0.211. The third-order valence-corrected chi connectivity index (χ3v) is 7.45. The molecule has 0 unspecified atom stereocenters. The molecule has 0 N–H and O–H groups in total. The highest BCUT2D eigenvalue weighted by molar-refractivity contribution is 5.79. The predicted molar refractivity (Wildman–Crippen MR) is 172 cm³/mol. The van der Waals surface area contributed by atoms with E-state index >= 15 is 8.78 Å². The molecule has 0 saturated carbocycles. The lowest BCUT2D eigenvalue weighted by Gasteiger charge is -2.40. The van der Waals surface area contributed by atoms with Crippen LogP contribution in [0.5, 0.6) is 0 Å². The Bertz CT molecular complexity index is 1560. The molecule has 44 heavy (non-hydrogen) atoms. The maximum absolute atomic E-state index is 15.8. The molecule has 1 aliphatic rings. The molecule has 0 amide bonds. The summed E-state index contributed by atoms with van der Waals surface area (Å²) in [7, 11) is 0. The number of allylic oxidation sites excluding steroid dienone is 4. The molecule has 0 aliphatic carbocycles. The van der Waals surface area contributed by atoms with E-state index in [1.165, 1.54) is 12.1 Å². The Labute approximate surface area is 258 Å². The van der Waals surface area contributed by atoms with Crippen molar-refractivity contribution in [2.75, 3.05) is 18.0 Å². The van der Waals surface area contributed by atoms with Gasteiger partial charge in [0.25, 0.3) is 0 Å². The molecule has 6 heteroatoms. The number of nitrogens with zero attached hydrogens (tertiary/aromatic N) is 1. The summed E-state index contributed by atoms with van der Waals surface area (Å²) in [5, 5.41) is 0. The Balaban J connectivity index is 1.33. The number of hydrogen-bond donors (Lipinski definition) is 0. The van der Waals surface area contributed by atoms with Crippen LogP contribution in [0.25, 0.3) is 5.57 Å². The Morgan fingerprint density at radius 3 is 1.77 bits per heavy atom. The van der Waals surface area contributed by atoms with Crippen LogP contribution < -0.4 is 4.90 Å². The highest BCUT2D eigenvalue weighted by Gasteiger charge is 2.29. The fourth-order valence-corrected chi connectivity index (χ4v) is 4.88. The molecular weight excluding hydrogens is 556 g/mol. The number of benzene rings is 4. The van der Waals surface area contributed by atoms with Crippen molar-refractivity contribution in [3.63, 3.8) is 0 Å². The van der Waals surface area contributed by atoms with E-state index in [1.54, 1.807) is 12.2 Å². The molecule has 1 heterocycles. The van der Waals surface area contributed by atoms with E-state index in [1.807, 2.05) is 103 Å². The van der Waals surface area contributed by atoms with Crippen molar-refractivity contribution >= 4 is 11.3 Å². The van der Waals surface area contributed by atoms with Gasteiger partial charge in [-0.25, -0.2) is 8.78 Å². The molecule has 0 radical (unpaired) electrons. The van der Waals surface area contributed by atoms with Crippen molar-refractivity contribution < 1.29 is 23.0 Å². The molecule has 0 spiro atoms. The van der Waals surface area contributed by atoms with Crippen LogP contribution in [-0.4, -0.2) is 19.2 Å². The minimum Gasteiger partial charge on any atom is -0.493 e. The van der Waals surface area contributed by atoms with Crippen molar-refractivity contribution in [1.82, 2.24) is 0 Å². The first-order valence-corrected chi connectivity index (χ1v) is 14.8. The molecule has 4 aromatic carbocycles. The summed E-state index contributed by atoms with van der Waals surface area (Å²) < 4.78 is 49.4. The topological polar surface area (TPSA) is 30.9 Å². The zero-order valence-corrected chi connectivity index (χ0v) is 24.9. The maximum Gasteiger partial charge on any atom is 0.136 e. The van der Waals surface area contributed by atoms with Crippen molar-refractivity contribution in [1.29, 1.82) is 0 Å².